The van der Waals surface area contributed by atoms with Crippen molar-refractivity contribution in [2.24, 2.45) is 0 Å². The molecule has 6 nitrogen and oxygen atoms in total. The molecule has 128 valence electrons. The number of ether oxygens (including phenoxy) is 1. The van der Waals surface area contributed by atoms with Gasteiger partial charge in [0.05, 0.1) is 6.10 Å². The Labute approximate surface area is 136 Å². The standard InChI is InChI=1S/C16H16F2N2O4/c17-13-4-3-11(6-14(13)18)23-9-12-7-15(19-24-12)16(22)20-5-1-2-10(21)8-20/h3-4,6-7,10,21H,1-2,5,8-9H2. The van der Waals surface area contributed by atoms with Crippen molar-refractivity contribution >= 4 is 5.91 Å². The third kappa shape index (κ3) is 3.70. The first-order chi connectivity index (χ1) is 11.5. The predicted octanol–water partition coefficient (Wildman–Crippen LogP) is 2.13. The summed E-state index contributed by atoms with van der Waals surface area (Å²) in [5.41, 5.74) is 0.119. The number of β-amino-alcohol motifs (C(OH)–C–C–N with tert-alkyl or cyclic N) is 1. The maximum Gasteiger partial charge on any atom is 0.276 e. The van der Waals surface area contributed by atoms with E-state index < -0.39 is 17.7 Å². The number of hydrogen-bond acceptors (Lipinski definition) is 5. The van der Waals surface area contributed by atoms with Crippen LogP contribution in [0.25, 0.3) is 0 Å². The van der Waals surface area contributed by atoms with Gasteiger partial charge in [0, 0.05) is 25.2 Å². The van der Waals surface area contributed by atoms with Crippen molar-refractivity contribution in [3.63, 3.8) is 0 Å². The number of aromatic nitrogens is 1. The molecule has 2 heterocycles. The van der Waals surface area contributed by atoms with Gasteiger partial charge in [-0.25, -0.2) is 8.78 Å². The average molecular weight is 338 g/mol. The largest absolute Gasteiger partial charge is 0.485 e. The van der Waals surface area contributed by atoms with Crippen LogP contribution < -0.4 is 4.74 Å². The van der Waals surface area contributed by atoms with Crippen molar-refractivity contribution in [1.29, 1.82) is 0 Å². The Balaban J connectivity index is 1.60. The van der Waals surface area contributed by atoms with Gasteiger partial charge in [-0.2, -0.15) is 0 Å². The third-order valence-corrected chi connectivity index (χ3v) is 3.73. The van der Waals surface area contributed by atoms with Crippen molar-refractivity contribution in [2.45, 2.75) is 25.6 Å². The molecule has 1 aromatic heterocycles. The van der Waals surface area contributed by atoms with Crippen molar-refractivity contribution < 1.29 is 27.9 Å². The molecule has 1 aliphatic rings. The van der Waals surface area contributed by atoms with E-state index in [0.717, 1.165) is 18.6 Å². The normalized spacial score (nSPS) is 17.8. The van der Waals surface area contributed by atoms with Crippen LogP contribution in [0.2, 0.25) is 0 Å². The molecule has 8 heteroatoms. The summed E-state index contributed by atoms with van der Waals surface area (Å²) in [7, 11) is 0. The lowest BCUT2D eigenvalue weighted by Crippen LogP contribution is -2.42. The summed E-state index contributed by atoms with van der Waals surface area (Å²) in [6.07, 6.45) is 0.887. The highest BCUT2D eigenvalue weighted by Crippen LogP contribution is 2.18. The van der Waals surface area contributed by atoms with Crippen LogP contribution in [0.15, 0.2) is 28.8 Å². The number of rotatable bonds is 4. The fourth-order valence-electron chi connectivity index (χ4n) is 2.50. The quantitative estimate of drug-likeness (QED) is 0.924. The molecule has 1 saturated heterocycles. The number of amides is 1. The first-order valence-electron chi connectivity index (χ1n) is 7.53. The minimum atomic E-state index is -1.01. The first kappa shape index (κ1) is 16.4. The number of likely N-dealkylation sites (tertiary alicyclic amines) is 1. The highest BCUT2D eigenvalue weighted by molar-refractivity contribution is 5.92. The molecule has 1 aromatic carbocycles. The van der Waals surface area contributed by atoms with E-state index in [4.69, 9.17) is 9.26 Å². The fourth-order valence-corrected chi connectivity index (χ4v) is 2.50. The van der Waals surface area contributed by atoms with Gasteiger partial charge in [-0.15, -0.1) is 0 Å². The summed E-state index contributed by atoms with van der Waals surface area (Å²) in [5.74, 6) is -1.88. The molecule has 1 N–H and O–H groups in total. The van der Waals surface area contributed by atoms with Crippen molar-refractivity contribution in [3.8, 4) is 5.75 Å². The summed E-state index contributed by atoms with van der Waals surface area (Å²) in [5, 5.41) is 13.3. The fraction of sp³-hybridized carbons (Fsp3) is 0.375. The van der Waals surface area contributed by atoms with Gasteiger partial charge in [-0.3, -0.25) is 4.79 Å². The van der Waals surface area contributed by atoms with E-state index in [-0.39, 0.29) is 36.3 Å². The topological polar surface area (TPSA) is 75.8 Å². The number of piperidine rings is 1. The third-order valence-electron chi connectivity index (χ3n) is 3.73. The lowest BCUT2D eigenvalue weighted by atomic mass is 10.1. The monoisotopic (exact) mass is 338 g/mol. The number of halogens is 2. The number of hydrogen-bond donors (Lipinski definition) is 1. The number of carbonyl (C=O) groups excluding carboxylic acids is 1. The van der Waals surface area contributed by atoms with Crippen molar-refractivity contribution in [1.82, 2.24) is 10.1 Å². The Bertz CT molecular complexity index is 735. The molecular weight excluding hydrogens is 322 g/mol. The molecule has 0 radical (unpaired) electrons. The zero-order valence-corrected chi connectivity index (χ0v) is 12.7. The molecule has 2 aromatic rings. The van der Waals surface area contributed by atoms with Gasteiger partial charge in [-0.05, 0) is 25.0 Å². The van der Waals surface area contributed by atoms with Crippen LogP contribution in [0.5, 0.6) is 5.75 Å². The number of carbonyl (C=O) groups is 1. The molecule has 0 aliphatic carbocycles. The summed E-state index contributed by atoms with van der Waals surface area (Å²) in [6, 6.07) is 4.60. The van der Waals surface area contributed by atoms with Gasteiger partial charge in [0.1, 0.15) is 12.4 Å². The van der Waals surface area contributed by atoms with Crippen molar-refractivity contribution in [3.05, 3.63) is 47.4 Å². The van der Waals surface area contributed by atoms with Gasteiger partial charge in [0.2, 0.25) is 0 Å². The second-order valence-corrected chi connectivity index (χ2v) is 5.59. The van der Waals surface area contributed by atoms with E-state index in [0.29, 0.717) is 13.0 Å². The van der Waals surface area contributed by atoms with Gasteiger partial charge in [0.25, 0.3) is 5.91 Å². The van der Waals surface area contributed by atoms with Gasteiger partial charge < -0.3 is 19.3 Å². The second-order valence-electron chi connectivity index (χ2n) is 5.59. The molecule has 0 spiro atoms. The Morgan fingerprint density at radius 1 is 1.38 bits per heavy atom. The van der Waals surface area contributed by atoms with Crippen LogP contribution in [-0.4, -0.2) is 40.3 Å². The van der Waals surface area contributed by atoms with Crippen LogP contribution >= 0.6 is 0 Å². The number of aliphatic hydroxyl groups is 1. The zero-order chi connectivity index (χ0) is 17.1. The highest BCUT2D eigenvalue weighted by Gasteiger charge is 2.25. The van der Waals surface area contributed by atoms with Crippen LogP contribution in [0.3, 0.4) is 0 Å². The van der Waals surface area contributed by atoms with Gasteiger partial charge >= 0.3 is 0 Å². The minimum absolute atomic E-state index is 0.0754. The molecule has 1 amide bonds. The zero-order valence-electron chi connectivity index (χ0n) is 12.7. The van der Waals surface area contributed by atoms with E-state index in [1.807, 2.05) is 0 Å². The van der Waals surface area contributed by atoms with E-state index in [9.17, 15) is 18.7 Å². The second kappa shape index (κ2) is 6.96. The molecule has 1 aliphatic heterocycles. The predicted molar refractivity (Wildman–Crippen MR) is 78.3 cm³/mol. The van der Waals surface area contributed by atoms with E-state index >= 15 is 0 Å². The van der Waals surface area contributed by atoms with E-state index in [2.05, 4.69) is 5.16 Å². The molecule has 24 heavy (non-hydrogen) atoms. The lowest BCUT2D eigenvalue weighted by molar-refractivity contribution is 0.0465. The first-order valence-corrected chi connectivity index (χ1v) is 7.53. The molecule has 0 saturated carbocycles. The maximum absolute atomic E-state index is 13.1. The number of aliphatic hydroxyl groups excluding tert-OH is 1. The SMILES string of the molecule is O=C(c1cc(COc2ccc(F)c(F)c2)on1)N1CCCC(O)C1. The number of nitrogens with zero attached hydrogens (tertiary/aromatic N) is 2. The van der Waals surface area contributed by atoms with E-state index in [1.54, 1.807) is 0 Å². The molecule has 0 bridgehead atoms. The molecule has 1 atom stereocenters. The van der Waals surface area contributed by atoms with Gasteiger partial charge in [-0.1, -0.05) is 5.16 Å². The van der Waals surface area contributed by atoms with Crippen LogP contribution in [0, 0.1) is 11.6 Å². The van der Waals surface area contributed by atoms with E-state index in [1.165, 1.54) is 17.0 Å². The number of benzene rings is 1. The Kier molecular flexibility index (Phi) is 4.75. The average Bonchev–Trinajstić information content (AvgIpc) is 3.04. The highest BCUT2D eigenvalue weighted by atomic mass is 19.2. The summed E-state index contributed by atoms with van der Waals surface area (Å²) >= 11 is 0. The molecule has 1 fully saturated rings. The Hall–Kier alpha value is -2.48. The molecule has 1 unspecified atom stereocenters. The lowest BCUT2D eigenvalue weighted by Gasteiger charge is -2.29. The Morgan fingerprint density at radius 2 is 2.21 bits per heavy atom. The molecular formula is C16H16F2N2O4. The van der Waals surface area contributed by atoms with Crippen molar-refractivity contribution in [2.75, 3.05) is 13.1 Å². The smallest absolute Gasteiger partial charge is 0.276 e. The van der Waals surface area contributed by atoms with Crippen LogP contribution in [0.4, 0.5) is 8.78 Å². The van der Waals surface area contributed by atoms with Crippen LogP contribution in [0.1, 0.15) is 29.1 Å². The van der Waals surface area contributed by atoms with Crippen LogP contribution in [-0.2, 0) is 6.61 Å². The van der Waals surface area contributed by atoms with Gasteiger partial charge in [0.15, 0.2) is 23.1 Å². The minimum Gasteiger partial charge on any atom is -0.485 e. The Morgan fingerprint density at radius 3 is 2.96 bits per heavy atom. The summed E-state index contributed by atoms with van der Waals surface area (Å²) in [6.45, 7) is 0.754. The molecule has 3 rings (SSSR count). The maximum atomic E-state index is 13.1. The summed E-state index contributed by atoms with van der Waals surface area (Å²) < 4.78 is 36.2. The summed E-state index contributed by atoms with van der Waals surface area (Å²) in [4.78, 5) is 13.8.